The van der Waals surface area contributed by atoms with Crippen molar-refractivity contribution in [2.75, 3.05) is 10.6 Å². The number of nitrogens with one attached hydrogen (secondary N) is 3. The molecule has 0 aliphatic rings. The SMILES string of the molecule is CCC(Sc1cccc(NC(=O)/C(=C/c2cccnc2)NC(=O)c2ccccc2)c1)C(=O)Nc1cc(C(=O)O)ccc1Cl. The van der Waals surface area contributed by atoms with E-state index in [-0.39, 0.29) is 27.9 Å². The molecule has 1 atom stereocenters. The molecule has 3 aromatic carbocycles. The third-order valence-corrected chi connectivity index (χ3v) is 7.72. The number of pyridine rings is 1. The molecule has 1 heterocycles. The Morgan fingerprint density at radius 3 is 2.42 bits per heavy atom. The Labute approximate surface area is 257 Å². The van der Waals surface area contributed by atoms with Crippen molar-refractivity contribution in [3.8, 4) is 0 Å². The van der Waals surface area contributed by atoms with E-state index in [2.05, 4.69) is 20.9 Å². The van der Waals surface area contributed by atoms with E-state index in [0.29, 0.717) is 28.1 Å². The van der Waals surface area contributed by atoms with Gasteiger partial charge in [-0.2, -0.15) is 0 Å². The molecule has 0 radical (unpaired) electrons. The van der Waals surface area contributed by atoms with Crippen molar-refractivity contribution in [3.05, 3.63) is 125 Å². The summed E-state index contributed by atoms with van der Waals surface area (Å²) in [6.45, 7) is 1.85. The van der Waals surface area contributed by atoms with Gasteiger partial charge in [0.15, 0.2) is 0 Å². The van der Waals surface area contributed by atoms with Crippen LogP contribution in [0.15, 0.2) is 108 Å². The van der Waals surface area contributed by atoms with Crippen molar-refractivity contribution in [1.82, 2.24) is 10.3 Å². The summed E-state index contributed by atoms with van der Waals surface area (Å²) in [6.07, 6.45) is 5.17. The van der Waals surface area contributed by atoms with Gasteiger partial charge in [0.25, 0.3) is 11.8 Å². The monoisotopic (exact) mass is 614 g/mol. The van der Waals surface area contributed by atoms with Crippen molar-refractivity contribution < 1.29 is 24.3 Å². The van der Waals surface area contributed by atoms with Crippen molar-refractivity contribution in [2.45, 2.75) is 23.5 Å². The number of amides is 3. The van der Waals surface area contributed by atoms with Gasteiger partial charge in [-0.05, 0) is 72.7 Å². The Balaban J connectivity index is 1.49. The van der Waals surface area contributed by atoms with Gasteiger partial charge in [0.05, 0.1) is 21.5 Å². The number of carbonyl (C=O) groups excluding carboxylic acids is 3. The van der Waals surface area contributed by atoms with Crippen LogP contribution in [0.1, 0.15) is 39.6 Å². The van der Waals surface area contributed by atoms with E-state index < -0.39 is 23.0 Å². The number of hydrogen-bond acceptors (Lipinski definition) is 6. The fourth-order valence-electron chi connectivity index (χ4n) is 3.87. The molecule has 4 N–H and O–H groups in total. The third kappa shape index (κ3) is 8.78. The van der Waals surface area contributed by atoms with Gasteiger partial charge in [-0.1, -0.05) is 48.9 Å². The maximum Gasteiger partial charge on any atom is 0.335 e. The maximum absolute atomic E-state index is 13.4. The molecule has 9 nitrogen and oxygen atoms in total. The second kappa shape index (κ2) is 14.8. The van der Waals surface area contributed by atoms with Gasteiger partial charge >= 0.3 is 5.97 Å². The van der Waals surface area contributed by atoms with Gasteiger partial charge in [0, 0.05) is 28.5 Å². The molecule has 0 bridgehead atoms. The first-order valence-electron chi connectivity index (χ1n) is 13.1. The van der Waals surface area contributed by atoms with Crippen LogP contribution in [0.2, 0.25) is 5.02 Å². The van der Waals surface area contributed by atoms with Crippen molar-refractivity contribution in [3.63, 3.8) is 0 Å². The number of carbonyl (C=O) groups is 4. The van der Waals surface area contributed by atoms with E-state index >= 15 is 0 Å². The molecule has 0 fully saturated rings. The minimum atomic E-state index is -1.13. The van der Waals surface area contributed by atoms with Crippen LogP contribution in [-0.2, 0) is 9.59 Å². The van der Waals surface area contributed by atoms with E-state index in [1.54, 1.807) is 79.1 Å². The Morgan fingerprint density at radius 2 is 1.72 bits per heavy atom. The van der Waals surface area contributed by atoms with Crippen LogP contribution in [0.4, 0.5) is 11.4 Å². The molecular formula is C32H27ClN4O5S. The zero-order chi connectivity index (χ0) is 30.8. The molecule has 11 heteroatoms. The highest BCUT2D eigenvalue weighted by atomic mass is 35.5. The highest BCUT2D eigenvalue weighted by Crippen LogP contribution is 2.30. The molecule has 0 spiro atoms. The number of aromatic carboxylic acids is 1. The summed E-state index contributed by atoms with van der Waals surface area (Å²) in [7, 11) is 0. The number of rotatable bonds is 11. The first kappa shape index (κ1) is 31.0. The van der Waals surface area contributed by atoms with Crippen molar-refractivity contribution >= 4 is 64.5 Å². The molecule has 1 aromatic heterocycles. The third-order valence-electron chi connectivity index (χ3n) is 6.03. The topological polar surface area (TPSA) is 137 Å². The van der Waals surface area contributed by atoms with Gasteiger partial charge < -0.3 is 21.1 Å². The van der Waals surface area contributed by atoms with Crippen LogP contribution >= 0.6 is 23.4 Å². The quantitative estimate of drug-likeness (QED) is 0.114. The molecule has 4 rings (SSSR count). The van der Waals surface area contributed by atoms with E-state index in [4.69, 9.17) is 11.6 Å². The average Bonchev–Trinajstić information content (AvgIpc) is 3.01. The Bertz CT molecular complexity index is 1670. The normalized spacial score (nSPS) is 11.7. The smallest absolute Gasteiger partial charge is 0.335 e. The van der Waals surface area contributed by atoms with Crippen LogP contribution in [0, 0.1) is 0 Å². The van der Waals surface area contributed by atoms with E-state index in [9.17, 15) is 24.3 Å². The number of hydrogen-bond donors (Lipinski definition) is 4. The van der Waals surface area contributed by atoms with Crippen LogP contribution < -0.4 is 16.0 Å². The molecule has 43 heavy (non-hydrogen) atoms. The van der Waals surface area contributed by atoms with E-state index in [0.717, 1.165) is 0 Å². The number of carboxylic acids is 1. The summed E-state index contributed by atoms with van der Waals surface area (Å²) in [5, 5.41) is 17.2. The second-order valence-corrected chi connectivity index (χ2v) is 10.8. The summed E-state index contributed by atoms with van der Waals surface area (Å²) in [6, 6.07) is 23.1. The van der Waals surface area contributed by atoms with Gasteiger partial charge in [-0.15, -0.1) is 11.8 Å². The number of halogens is 1. The highest BCUT2D eigenvalue weighted by molar-refractivity contribution is 8.00. The average molecular weight is 615 g/mol. The van der Waals surface area contributed by atoms with Crippen molar-refractivity contribution in [2.24, 2.45) is 0 Å². The fourth-order valence-corrected chi connectivity index (χ4v) is 5.05. The van der Waals surface area contributed by atoms with Gasteiger partial charge in [0.2, 0.25) is 5.91 Å². The molecule has 3 amide bonds. The maximum atomic E-state index is 13.4. The Hall–Kier alpha value is -4.93. The number of thioether (sulfide) groups is 1. The highest BCUT2D eigenvalue weighted by Gasteiger charge is 2.21. The number of anilines is 2. The minimum Gasteiger partial charge on any atom is -0.478 e. The first-order valence-corrected chi connectivity index (χ1v) is 14.4. The predicted molar refractivity (Wildman–Crippen MR) is 168 cm³/mol. The molecule has 218 valence electrons. The first-order chi connectivity index (χ1) is 20.7. The Kier molecular flexibility index (Phi) is 10.7. The number of carboxylic acid groups (broad SMARTS) is 1. The minimum absolute atomic E-state index is 0.000693. The molecule has 0 saturated carbocycles. The lowest BCUT2D eigenvalue weighted by Gasteiger charge is -2.16. The lowest BCUT2D eigenvalue weighted by Crippen LogP contribution is -2.30. The molecule has 4 aromatic rings. The van der Waals surface area contributed by atoms with Crippen molar-refractivity contribution in [1.29, 1.82) is 0 Å². The molecule has 0 aliphatic carbocycles. The summed E-state index contributed by atoms with van der Waals surface area (Å²) < 4.78 is 0. The van der Waals surface area contributed by atoms with Gasteiger partial charge in [-0.25, -0.2) is 4.79 Å². The lowest BCUT2D eigenvalue weighted by atomic mass is 10.2. The number of aromatic nitrogens is 1. The Morgan fingerprint density at radius 1 is 0.930 bits per heavy atom. The molecule has 0 aliphatic heterocycles. The number of nitrogens with zero attached hydrogens (tertiary/aromatic N) is 1. The predicted octanol–water partition coefficient (Wildman–Crippen LogP) is 6.35. The molecule has 0 saturated heterocycles. The standard InChI is InChI=1S/C32H27ClN4O5S/c1-2-28(31(40)36-26-17-22(32(41)42)13-14-25(26)33)43-24-12-6-11-23(18-24)35-30(39)27(16-20-8-7-15-34-19-20)37-29(38)21-9-4-3-5-10-21/h3-19,28H,2H2,1H3,(H,35,39)(H,36,40)(H,37,38)(H,41,42)/b27-16-. The van der Waals surface area contributed by atoms with Crippen LogP contribution in [-0.4, -0.2) is 39.0 Å². The number of benzene rings is 3. The van der Waals surface area contributed by atoms with E-state index in [1.165, 1.54) is 36.0 Å². The zero-order valence-corrected chi connectivity index (χ0v) is 24.5. The summed E-state index contributed by atoms with van der Waals surface area (Å²) >= 11 is 7.45. The summed E-state index contributed by atoms with van der Waals surface area (Å²) in [4.78, 5) is 55.4. The van der Waals surface area contributed by atoms with Gasteiger partial charge in [0.1, 0.15) is 5.70 Å². The van der Waals surface area contributed by atoms with Crippen LogP contribution in [0.5, 0.6) is 0 Å². The summed E-state index contributed by atoms with van der Waals surface area (Å²) in [5.74, 6) is -2.48. The zero-order valence-electron chi connectivity index (χ0n) is 22.9. The molecular weight excluding hydrogens is 588 g/mol. The van der Waals surface area contributed by atoms with Crippen LogP contribution in [0.3, 0.4) is 0 Å². The van der Waals surface area contributed by atoms with E-state index in [1.807, 2.05) is 6.92 Å². The van der Waals surface area contributed by atoms with Crippen LogP contribution in [0.25, 0.3) is 6.08 Å². The fraction of sp³-hybridized carbons (Fsp3) is 0.0938. The summed E-state index contributed by atoms with van der Waals surface area (Å²) in [5.41, 5.74) is 1.69. The molecule has 1 unspecified atom stereocenters. The second-order valence-electron chi connectivity index (χ2n) is 9.15. The largest absolute Gasteiger partial charge is 0.478 e. The van der Waals surface area contributed by atoms with Gasteiger partial charge in [-0.3, -0.25) is 19.4 Å². The lowest BCUT2D eigenvalue weighted by molar-refractivity contribution is -0.116.